The third-order valence-corrected chi connectivity index (χ3v) is 2.43. The quantitative estimate of drug-likeness (QED) is 0.752. The number of ether oxygens (including phenoxy) is 1. The number of hydrogen-bond donors (Lipinski definition) is 1. The number of nitrogens with zero attached hydrogens (tertiary/aromatic N) is 1. The van der Waals surface area contributed by atoms with Gasteiger partial charge in [-0.25, -0.2) is 0 Å². The zero-order chi connectivity index (χ0) is 10.7. The van der Waals surface area contributed by atoms with Crippen LogP contribution in [0.3, 0.4) is 0 Å². The van der Waals surface area contributed by atoms with Gasteiger partial charge in [-0.1, -0.05) is 6.07 Å². The number of benzene rings is 1. The van der Waals surface area contributed by atoms with Crippen molar-refractivity contribution in [1.82, 2.24) is 4.90 Å². The molecule has 88 valence electrons. The number of halogens is 1. The summed E-state index contributed by atoms with van der Waals surface area (Å²) < 4.78 is 5.19. The van der Waals surface area contributed by atoms with Crippen LogP contribution in [0.15, 0.2) is 24.3 Å². The van der Waals surface area contributed by atoms with Gasteiger partial charge in [-0.3, -0.25) is 4.79 Å². The number of nitrogens with two attached hydrogens (primary N) is 1. The molecule has 1 aliphatic heterocycles. The average Bonchev–Trinajstić information content (AvgIpc) is 2.29. The molecule has 0 atom stereocenters. The second-order valence-corrected chi connectivity index (χ2v) is 3.53. The van der Waals surface area contributed by atoms with E-state index in [1.807, 2.05) is 0 Å². The van der Waals surface area contributed by atoms with Gasteiger partial charge in [0.2, 0.25) is 0 Å². The van der Waals surface area contributed by atoms with E-state index in [1.54, 1.807) is 29.2 Å². The molecule has 1 aromatic rings. The Morgan fingerprint density at radius 3 is 2.62 bits per heavy atom. The lowest BCUT2D eigenvalue weighted by Crippen LogP contribution is -2.40. The Kier molecular flexibility index (Phi) is 4.58. The third-order valence-electron chi connectivity index (χ3n) is 2.43. The minimum absolute atomic E-state index is 0. The fraction of sp³-hybridized carbons (Fsp3) is 0.364. The first-order chi connectivity index (χ1) is 7.27. The highest BCUT2D eigenvalue weighted by Crippen LogP contribution is 2.10. The van der Waals surface area contributed by atoms with Gasteiger partial charge in [0.15, 0.2) is 0 Å². The second kappa shape index (κ2) is 5.72. The van der Waals surface area contributed by atoms with Crippen LogP contribution in [-0.2, 0) is 4.74 Å². The molecule has 1 heterocycles. The molecule has 0 unspecified atom stereocenters. The highest BCUT2D eigenvalue weighted by atomic mass is 35.5. The smallest absolute Gasteiger partial charge is 0.254 e. The van der Waals surface area contributed by atoms with Crippen molar-refractivity contribution >= 4 is 24.0 Å². The normalized spacial score (nSPS) is 15.4. The molecular formula is C11H15ClN2O2. The zero-order valence-electron chi connectivity index (χ0n) is 8.89. The van der Waals surface area contributed by atoms with Gasteiger partial charge >= 0.3 is 0 Å². The monoisotopic (exact) mass is 242 g/mol. The van der Waals surface area contributed by atoms with Crippen molar-refractivity contribution in [2.45, 2.75) is 0 Å². The largest absolute Gasteiger partial charge is 0.399 e. The minimum Gasteiger partial charge on any atom is -0.399 e. The van der Waals surface area contributed by atoms with E-state index >= 15 is 0 Å². The van der Waals surface area contributed by atoms with Crippen LogP contribution in [0, 0.1) is 0 Å². The fourth-order valence-corrected chi connectivity index (χ4v) is 1.62. The minimum atomic E-state index is 0. The van der Waals surface area contributed by atoms with E-state index in [0.717, 1.165) is 0 Å². The summed E-state index contributed by atoms with van der Waals surface area (Å²) in [5, 5.41) is 0. The fourth-order valence-electron chi connectivity index (χ4n) is 1.62. The summed E-state index contributed by atoms with van der Waals surface area (Å²) in [6.07, 6.45) is 0. The van der Waals surface area contributed by atoms with Gasteiger partial charge in [-0.05, 0) is 18.2 Å². The Morgan fingerprint density at radius 1 is 1.31 bits per heavy atom. The van der Waals surface area contributed by atoms with E-state index in [-0.39, 0.29) is 18.3 Å². The third kappa shape index (κ3) is 2.87. The van der Waals surface area contributed by atoms with Gasteiger partial charge in [0, 0.05) is 24.3 Å². The predicted octanol–water partition coefficient (Wildman–Crippen LogP) is 1.16. The van der Waals surface area contributed by atoms with Crippen LogP contribution >= 0.6 is 12.4 Å². The molecule has 1 fully saturated rings. The number of morpholine rings is 1. The SMILES string of the molecule is Cl.Nc1cccc(C(=O)N2CCOCC2)c1. The van der Waals surface area contributed by atoms with E-state index in [9.17, 15) is 4.79 Å². The first-order valence-electron chi connectivity index (χ1n) is 5.00. The first-order valence-corrected chi connectivity index (χ1v) is 5.00. The van der Waals surface area contributed by atoms with Gasteiger partial charge in [0.25, 0.3) is 5.91 Å². The van der Waals surface area contributed by atoms with Gasteiger partial charge in [0.1, 0.15) is 0 Å². The summed E-state index contributed by atoms with van der Waals surface area (Å²) in [7, 11) is 0. The molecule has 0 spiro atoms. The van der Waals surface area contributed by atoms with Crippen molar-refractivity contribution in [3.8, 4) is 0 Å². The first kappa shape index (κ1) is 12.8. The van der Waals surface area contributed by atoms with Crippen LogP contribution in [0.1, 0.15) is 10.4 Å². The Bertz CT molecular complexity index is 365. The molecule has 1 aliphatic rings. The maximum absolute atomic E-state index is 12.0. The predicted molar refractivity (Wildman–Crippen MR) is 64.8 cm³/mol. The summed E-state index contributed by atoms with van der Waals surface area (Å²) in [6, 6.07) is 7.06. The number of hydrogen-bond acceptors (Lipinski definition) is 3. The second-order valence-electron chi connectivity index (χ2n) is 3.53. The lowest BCUT2D eigenvalue weighted by molar-refractivity contribution is 0.0303. The molecule has 0 bridgehead atoms. The zero-order valence-corrected chi connectivity index (χ0v) is 9.70. The highest BCUT2D eigenvalue weighted by molar-refractivity contribution is 5.95. The number of amides is 1. The lowest BCUT2D eigenvalue weighted by Gasteiger charge is -2.26. The number of carbonyl (C=O) groups excluding carboxylic acids is 1. The van der Waals surface area contributed by atoms with Gasteiger partial charge in [-0.2, -0.15) is 0 Å². The Morgan fingerprint density at radius 2 is 2.00 bits per heavy atom. The van der Waals surface area contributed by atoms with E-state index in [4.69, 9.17) is 10.5 Å². The molecular weight excluding hydrogens is 228 g/mol. The van der Waals surface area contributed by atoms with Gasteiger partial charge in [0.05, 0.1) is 13.2 Å². The molecule has 0 aromatic heterocycles. The number of nitrogen functional groups attached to an aromatic ring is 1. The van der Waals surface area contributed by atoms with Crippen molar-refractivity contribution in [1.29, 1.82) is 0 Å². The van der Waals surface area contributed by atoms with E-state index in [0.29, 0.717) is 37.6 Å². The molecule has 2 N–H and O–H groups in total. The molecule has 5 heteroatoms. The maximum atomic E-state index is 12.0. The maximum Gasteiger partial charge on any atom is 0.254 e. The number of rotatable bonds is 1. The molecule has 4 nitrogen and oxygen atoms in total. The van der Waals surface area contributed by atoms with Crippen LogP contribution < -0.4 is 5.73 Å². The molecule has 1 aromatic carbocycles. The Balaban J connectivity index is 0.00000128. The summed E-state index contributed by atoms with van der Waals surface area (Å²) >= 11 is 0. The van der Waals surface area contributed by atoms with Gasteiger partial charge in [-0.15, -0.1) is 12.4 Å². The molecule has 2 rings (SSSR count). The van der Waals surface area contributed by atoms with Crippen molar-refractivity contribution < 1.29 is 9.53 Å². The summed E-state index contributed by atoms with van der Waals surface area (Å²) in [6.45, 7) is 2.56. The van der Waals surface area contributed by atoms with Crippen LogP contribution in [0.4, 0.5) is 5.69 Å². The van der Waals surface area contributed by atoms with Crippen LogP contribution in [0.5, 0.6) is 0 Å². The van der Waals surface area contributed by atoms with Crippen molar-refractivity contribution in [3.63, 3.8) is 0 Å². The van der Waals surface area contributed by atoms with E-state index in [2.05, 4.69) is 0 Å². The molecule has 1 amide bonds. The Hall–Kier alpha value is -1.26. The molecule has 16 heavy (non-hydrogen) atoms. The van der Waals surface area contributed by atoms with Crippen molar-refractivity contribution in [2.75, 3.05) is 32.0 Å². The topological polar surface area (TPSA) is 55.6 Å². The molecule has 0 saturated carbocycles. The molecule has 0 radical (unpaired) electrons. The summed E-state index contributed by atoms with van der Waals surface area (Å²) in [5.74, 6) is 0.0330. The van der Waals surface area contributed by atoms with Gasteiger partial charge < -0.3 is 15.4 Å². The van der Waals surface area contributed by atoms with Crippen molar-refractivity contribution in [2.24, 2.45) is 0 Å². The van der Waals surface area contributed by atoms with Crippen LogP contribution in [0.25, 0.3) is 0 Å². The summed E-state index contributed by atoms with van der Waals surface area (Å²) in [5.41, 5.74) is 6.90. The lowest BCUT2D eigenvalue weighted by atomic mass is 10.1. The standard InChI is InChI=1S/C11H14N2O2.ClH/c12-10-3-1-2-9(8-10)11(14)13-4-6-15-7-5-13;/h1-3,8H,4-7,12H2;1H. The molecule has 0 aliphatic carbocycles. The Labute approximate surface area is 101 Å². The summed E-state index contributed by atoms with van der Waals surface area (Å²) in [4.78, 5) is 13.8. The highest BCUT2D eigenvalue weighted by Gasteiger charge is 2.18. The van der Waals surface area contributed by atoms with E-state index in [1.165, 1.54) is 0 Å². The number of anilines is 1. The molecule has 1 saturated heterocycles. The average molecular weight is 243 g/mol. The van der Waals surface area contributed by atoms with Crippen molar-refractivity contribution in [3.05, 3.63) is 29.8 Å². The van der Waals surface area contributed by atoms with Crippen LogP contribution in [0.2, 0.25) is 0 Å². The van der Waals surface area contributed by atoms with Crippen LogP contribution in [-0.4, -0.2) is 37.1 Å². The van der Waals surface area contributed by atoms with E-state index < -0.39 is 0 Å². The number of carbonyl (C=O) groups is 1.